The highest BCUT2D eigenvalue weighted by Gasteiger charge is 2.40. The van der Waals surface area contributed by atoms with Crippen molar-refractivity contribution in [3.8, 4) is 12.3 Å². The zero-order valence-electron chi connectivity index (χ0n) is 12.0. The van der Waals surface area contributed by atoms with Gasteiger partial charge in [-0.25, -0.2) is 8.78 Å². The van der Waals surface area contributed by atoms with Gasteiger partial charge in [-0.05, 0) is 43.4 Å². The number of hydrogen-bond acceptors (Lipinski definition) is 0. The van der Waals surface area contributed by atoms with E-state index >= 15 is 0 Å². The van der Waals surface area contributed by atoms with Gasteiger partial charge in [0.15, 0.2) is 0 Å². The molecule has 0 nitrogen and oxygen atoms in total. The Labute approximate surface area is 116 Å². The normalized spacial score (nSPS) is 43.7. The van der Waals surface area contributed by atoms with Crippen molar-refractivity contribution in [2.45, 2.75) is 70.6 Å². The van der Waals surface area contributed by atoms with E-state index in [9.17, 15) is 8.78 Å². The summed E-state index contributed by atoms with van der Waals surface area (Å²) in [6.45, 7) is 2.23. The second-order valence-corrected chi connectivity index (χ2v) is 6.53. The van der Waals surface area contributed by atoms with Crippen molar-refractivity contribution in [3.05, 3.63) is 0 Å². The van der Waals surface area contributed by atoms with Crippen LogP contribution >= 0.6 is 0 Å². The topological polar surface area (TPSA) is 0 Å². The van der Waals surface area contributed by atoms with E-state index in [0.29, 0.717) is 18.8 Å². The molecule has 2 fully saturated rings. The first-order valence-corrected chi connectivity index (χ1v) is 7.90. The molecular weight excluding hydrogens is 242 g/mol. The molecule has 0 N–H and O–H groups in total. The lowest BCUT2D eigenvalue weighted by molar-refractivity contribution is 0.0384. The molecule has 108 valence electrons. The Morgan fingerprint density at radius 2 is 1.58 bits per heavy atom. The van der Waals surface area contributed by atoms with Gasteiger partial charge in [0.05, 0.1) is 5.92 Å². The highest BCUT2D eigenvalue weighted by molar-refractivity contribution is 5.04. The first kappa shape index (κ1) is 14.8. The lowest BCUT2D eigenvalue weighted by Gasteiger charge is -2.39. The summed E-state index contributed by atoms with van der Waals surface area (Å²) < 4.78 is 27.8. The summed E-state index contributed by atoms with van der Waals surface area (Å²) in [5.74, 6) is 3.11. The molecule has 0 radical (unpaired) electrons. The Balaban J connectivity index is 1.86. The fourth-order valence-corrected chi connectivity index (χ4v) is 4.14. The molecule has 0 aromatic carbocycles. The van der Waals surface area contributed by atoms with Crippen molar-refractivity contribution < 1.29 is 8.78 Å². The molecule has 2 aliphatic carbocycles. The van der Waals surface area contributed by atoms with Crippen molar-refractivity contribution in [2.24, 2.45) is 23.7 Å². The van der Waals surface area contributed by atoms with Crippen molar-refractivity contribution >= 4 is 0 Å². The summed E-state index contributed by atoms with van der Waals surface area (Å²) in [7, 11) is 0. The van der Waals surface area contributed by atoms with Gasteiger partial charge in [0, 0.05) is 0 Å². The van der Waals surface area contributed by atoms with Crippen LogP contribution in [0.3, 0.4) is 0 Å². The van der Waals surface area contributed by atoms with E-state index in [1.807, 2.05) is 0 Å². The monoisotopic (exact) mass is 268 g/mol. The molecule has 2 heteroatoms. The standard InChI is InChI=1S/C17H26F2/c1-3-5-12-6-8-13(9-7-12)14-10-16(18)15(4-2)17(19)11-14/h2,12-17H,3,5-11H2,1H3. The summed E-state index contributed by atoms with van der Waals surface area (Å²) in [6.07, 6.45) is 11.3. The number of hydrogen-bond donors (Lipinski definition) is 0. The van der Waals surface area contributed by atoms with E-state index in [2.05, 4.69) is 12.8 Å². The van der Waals surface area contributed by atoms with Gasteiger partial charge >= 0.3 is 0 Å². The average Bonchev–Trinajstić information content (AvgIpc) is 2.39. The highest BCUT2D eigenvalue weighted by atomic mass is 19.1. The van der Waals surface area contributed by atoms with Crippen LogP contribution in [0.25, 0.3) is 0 Å². The molecule has 0 heterocycles. The first-order valence-electron chi connectivity index (χ1n) is 7.90. The van der Waals surface area contributed by atoms with Crippen LogP contribution in [0.2, 0.25) is 0 Å². The van der Waals surface area contributed by atoms with Gasteiger partial charge < -0.3 is 0 Å². The molecule has 0 amide bonds. The zero-order chi connectivity index (χ0) is 13.8. The number of rotatable bonds is 3. The molecule has 0 spiro atoms. The average molecular weight is 268 g/mol. The summed E-state index contributed by atoms with van der Waals surface area (Å²) >= 11 is 0. The SMILES string of the molecule is C#CC1C(F)CC(C2CCC(CCC)CC2)CC1F. The fourth-order valence-electron chi connectivity index (χ4n) is 4.14. The van der Waals surface area contributed by atoms with Crippen LogP contribution in [0.1, 0.15) is 58.3 Å². The summed E-state index contributed by atoms with van der Waals surface area (Å²) in [6, 6.07) is 0. The maximum Gasteiger partial charge on any atom is 0.117 e. The van der Waals surface area contributed by atoms with Gasteiger partial charge in [-0.2, -0.15) is 0 Å². The number of terminal acetylenes is 1. The van der Waals surface area contributed by atoms with Gasteiger partial charge in [-0.3, -0.25) is 0 Å². The largest absolute Gasteiger partial charge is 0.246 e. The van der Waals surface area contributed by atoms with Crippen LogP contribution in [0.15, 0.2) is 0 Å². The summed E-state index contributed by atoms with van der Waals surface area (Å²) in [5, 5.41) is 0. The van der Waals surface area contributed by atoms with Crippen LogP contribution in [-0.2, 0) is 0 Å². The van der Waals surface area contributed by atoms with Crippen molar-refractivity contribution in [1.29, 1.82) is 0 Å². The quantitative estimate of drug-likeness (QED) is 0.637. The van der Waals surface area contributed by atoms with E-state index in [-0.39, 0.29) is 5.92 Å². The Morgan fingerprint density at radius 1 is 1.00 bits per heavy atom. The molecule has 2 unspecified atom stereocenters. The summed E-state index contributed by atoms with van der Waals surface area (Å²) in [5.41, 5.74) is 0. The molecule has 2 aliphatic rings. The Kier molecular flexibility index (Phi) is 5.25. The van der Waals surface area contributed by atoms with Crippen molar-refractivity contribution in [1.82, 2.24) is 0 Å². The third-order valence-corrected chi connectivity index (χ3v) is 5.28. The second-order valence-electron chi connectivity index (χ2n) is 6.53. The third kappa shape index (κ3) is 3.50. The molecule has 0 saturated heterocycles. The minimum atomic E-state index is -1.13. The zero-order valence-corrected chi connectivity index (χ0v) is 12.0. The van der Waals surface area contributed by atoms with Crippen LogP contribution in [0.5, 0.6) is 0 Å². The van der Waals surface area contributed by atoms with Crippen LogP contribution in [0, 0.1) is 36.0 Å². The minimum Gasteiger partial charge on any atom is -0.246 e. The van der Waals surface area contributed by atoms with Gasteiger partial charge in [0.2, 0.25) is 0 Å². The molecule has 0 aromatic heterocycles. The van der Waals surface area contributed by atoms with Gasteiger partial charge in [0.1, 0.15) is 12.3 Å². The Morgan fingerprint density at radius 3 is 2.05 bits per heavy atom. The molecule has 19 heavy (non-hydrogen) atoms. The van der Waals surface area contributed by atoms with Gasteiger partial charge in [-0.15, -0.1) is 6.42 Å². The van der Waals surface area contributed by atoms with Gasteiger partial charge in [0.25, 0.3) is 0 Å². The molecule has 2 atom stereocenters. The molecule has 0 bridgehead atoms. The Hall–Kier alpha value is -0.580. The third-order valence-electron chi connectivity index (χ3n) is 5.28. The van der Waals surface area contributed by atoms with E-state index in [4.69, 9.17) is 6.42 Å². The van der Waals surface area contributed by atoms with Crippen LogP contribution in [-0.4, -0.2) is 12.3 Å². The lowest BCUT2D eigenvalue weighted by atomic mass is 9.68. The first-order chi connectivity index (χ1) is 9.15. The van der Waals surface area contributed by atoms with E-state index < -0.39 is 18.3 Å². The lowest BCUT2D eigenvalue weighted by Crippen LogP contribution is -2.38. The molecule has 2 rings (SSSR count). The van der Waals surface area contributed by atoms with E-state index in [1.165, 1.54) is 25.7 Å². The molecule has 2 saturated carbocycles. The maximum atomic E-state index is 13.9. The number of halogens is 2. The smallest absolute Gasteiger partial charge is 0.117 e. The highest BCUT2D eigenvalue weighted by Crippen LogP contribution is 2.43. The second kappa shape index (κ2) is 6.73. The predicted octanol–water partition coefficient (Wildman–Crippen LogP) is 4.93. The molecule has 0 aromatic rings. The minimum absolute atomic E-state index is 0.220. The Bertz CT molecular complexity index is 300. The fraction of sp³-hybridized carbons (Fsp3) is 0.882. The summed E-state index contributed by atoms with van der Waals surface area (Å²) in [4.78, 5) is 0. The van der Waals surface area contributed by atoms with Crippen LogP contribution < -0.4 is 0 Å². The maximum absolute atomic E-state index is 13.9. The van der Waals surface area contributed by atoms with Crippen LogP contribution in [0.4, 0.5) is 8.78 Å². The predicted molar refractivity (Wildman–Crippen MR) is 75.2 cm³/mol. The molecular formula is C17H26F2. The van der Waals surface area contributed by atoms with Gasteiger partial charge in [-0.1, -0.05) is 38.5 Å². The molecule has 0 aliphatic heterocycles. The van der Waals surface area contributed by atoms with E-state index in [0.717, 1.165) is 18.8 Å². The van der Waals surface area contributed by atoms with E-state index in [1.54, 1.807) is 0 Å². The van der Waals surface area contributed by atoms with Crippen molar-refractivity contribution in [2.75, 3.05) is 0 Å². The van der Waals surface area contributed by atoms with Crippen molar-refractivity contribution in [3.63, 3.8) is 0 Å². The number of alkyl halides is 2.